The van der Waals surface area contributed by atoms with Gasteiger partial charge in [0.2, 0.25) is 0 Å². The molecule has 1 aromatic heterocycles. The van der Waals surface area contributed by atoms with Crippen molar-refractivity contribution in [3.05, 3.63) is 28.0 Å². The molecule has 0 radical (unpaired) electrons. The highest BCUT2D eigenvalue weighted by atomic mass is 16.6. The molecule has 6 heteroatoms. The van der Waals surface area contributed by atoms with Crippen LogP contribution in [0.2, 0.25) is 0 Å². The molecule has 1 N–H and O–H groups in total. The maximum atomic E-state index is 10.4. The van der Waals surface area contributed by atoms with E-state index in [0.29, 0.717) is 12.3 Å². The number of likely N-dealkylation sites (tertiary alicyclic amines) is 1. The van der Waals surface area contributed by atoms with Gasteiger partial charge >= 0.3 is 5.88 Å². The molecular formula is C11H17N3O3. The van der Waals surface area contributed by atoms with Crippen LogP contribution in [0.15, 0.2) is 16.5 Å². The Kier molecular flexibility index (Phi) is 4.11. The molecule has 1 fully saturated rings. The maximum absolute atomic E-state index is 10.4. The third kappa shape index (κ3) is 3.54. The highest BCUT2D eigenvalue weighted by molar-refractivity contribution is 5.17. The van der Waals surface area contributed by atoms with E-state index in [9.17, 15) is 10.1 Å². The predicted octanol–water partition coefficient (Wildman–Crippen LogP) is 1.37. The van der Waals surface area contributed by atoms with Gasteiger partial charge in [0.1, 0.15) is 10.7 Å². The maximum Gasteiger partial charge on any atom is 0.433 e. The molecular weight excluding hydrogens is 222 g/mol. The normalized spacial score (nSPS) is 16.5. The van der Waals surface area contributed by atoms with E-state index in [4.69, 9.17) is 4.42 Å². The van der Waals surface area contributed by atoms with Crippen molar-refractivity contribution in [1.82, 2.24) is 10.2 Å². The summed E-state index contributed by atoms with van der Waals surface area (Å²) in [4.78, 5) is 12.3. The lowest BCUT2D eigenvalue weighted by Crippen LogP contribution is -2.29. The van der Waals surface area contributed by atoms with Gasteiger partial charge in [-0.05, 0) is 32.0 Å². The van der Waals surface area contributed by atoms with E-state index in [1.165, 1.54) is 32.0 Å². The van der Waals surface area contributed by atoms with Crippen LogP contribution in [0.4, 0.5) is 5.88 Å². The number of hydrogen-bond acceptors (Lipinski definition) is 5. The molecule has 0 atom stereocenters. The van der Waals surface area contributed by atoms with Crippen LogP contribution in [0.25, 0.3) is 0 Å². The molecule has 1 aliphatic heterocycles. The van der Waals surface area contributed by atoms with Crippen molar-refractivity contribution >= 4 is 5.88 Å². The molecule has 1 saturated heterocycles. The SMILES string of the molecule is O=[N+]([O-])c1ccc(CNCCN2CCCC2)o1. The van der Waals surface area contributed by atoms with Gasteiger partial charge in [0, 0.05) is 13.1 Å². The van der Waals surface area contributed by atoms with Gasteiger partial charge in [-0.3, -0.25) is 10.1 Å². The first-order valence-corrected chi connectivity index (χ1v) is 5.92. The van der Waals surface area contributed by atoms with E-state index < -0.39 is 4.92 Å². The Balaban J connectivity index is 1.65. The van der Waals surface area contributed by atoms with Crippen LogP contribution in [0.5, 0.6) is 0 Å². The summed E-state index contributed by atoms with van der Waals surface area (Å²) in [6, 6.07) is 3.03. The third-order valence-corrected chi connectivity index (χ3v) is 2.93. The third-order valence-electron chi connectivity index (χ3n) is 2.93. The first kappa shape index (κ1) is 12.1. The fraction of sp³-hybridized carbons (Fsp3) is 0.636. The summed E-state index contributed by atoms with van der Waals surface area (Å²) >= 11 is 0. The average Bonchev–Trinajstić information content (AvgIpc) is 2.96. The average molecular weight is 239 g/mol. The van der Waals surface area contributed by atoms with Crippen LogP contribution in [-0.4, -0.2) is 36.0 Å². The molecule has 2 rings (SSSR count). The second-order valence-electron chi connectivity index (χ2n) is 4.22. The van der Waals surface area contributed by atoms with Gasteiger partial charge in [0.15, 0.2) is 0 Å². The van der Waals surface area contributed by atoms with Crippen LogP contribution in [0.1, 0.15) is 18.6 Å². The molecule has 0 amide bonds. The van der Waals surface area contributed by atoms with Crippen LogP contribution in [0, 0.1) is 10.1 Å². The first-order chi connectivity index (χ1) is 8.25. The topological polar surface area (TPSA) is 71.6 Å². The standard InChI is InChI=1S/C11H17N3O3/c15-14(16)11-4-3-10(17-11)9-12-5-8-13-6-1-2-7-13/h3-4,12H,1-2,5-9H2. The molecule has 0 saturated carbocycles. The molecule has 0 spiro atoms. The van der Waals surface area contributed by atoms with E-state index in [0.717, 1.165) is 13.1 Å². The molecule has 17 heavy (non-hydrogen) atoms. The molecule has 94 valence electrons. The summed E-state index contributed by atoms with van der Waals surface area (Å²) < 4.78 is 5.04. The van der Waals surface area contributed by atoms with Crippen molar-refractivity contribution in [2.45, 2.75) is 19.4 Å². The smallest absolute Gasteiger partial charge is 0.404 e. The Morgan fingerprint density at radius 1 is 1.41 bits per heavy atom. The van der Waals surface area contributed by atoms with Gasteiger partial charge < -0.3 is 14.6 Å². The molecule has 1 aromatic rings. The van der Waals surface area contributed by atoms with Gasteiger partial charge in [0.25, 0.3) is 0 Å². The lowest BCUT2D eigenvalue weighted by Gasteiger charge is -2.14. The highest BCUT2D eigenvalue weighted by Crippen LogP contribution is 2.15. The van der Waals surface area contributed by atoms with E-state index in [1.807, 2.05) is 0 Å². The predicted molar refractivity (Wildman–Crippen MR) is 62.7 cm³/mol. The Hall–Kier alpha value is -1.40. The Morgan fingerprint density at radius 2 is 2.18 bits per heavy atom. The van der Waals surface area contributed by atoms with Crippen molar-refractivity contribution in [1.29, 1.82) is 0 Å². The van der Waals surface area contributed by atoms with Crippen LogP contribution >= 0.6 is 0 Å². The summed E-state index contributed by atoms with van der Waals surface area (Å²) in [6.07, 6.45) is 2.59. The number of nitro groups is 1. The van der Waals surface area contributed by atoms with Crippen molar-refractivity contribution < 1.29 is 9.34 Å². The van der Waals surface area contributed by atoms with E-state index in [-0.39, 0.29) is 5.88 Å². The summed E-state index contributed by atoms with van der Waals surface area (Å²) in [6.45, 7) is 4.83. The molecule has 0 aromatic carbocycles. The second kappa shape index (κ2) is 5.79. The first-order valence-electron chi connectivity index (χ1n) is 5.92. The van der Waals surface area contributed by atoms with Crippen LogP contribution in [0.3, 0.4) is 0 Å². The fourth-order valence-electron chi connectivity index (χ4n) is 2.01. The molecule has 6 nitrogen and oxygen atoms in total. The van der Waals surface area contributed by atoms with Gasteiger partial charge in [-0.2, -0.15) is 0 Å². The van der Waals surface area contributed by atoms with Gasteiger partial charge in [-0.15, -0.1) is 0 Å². The fourth-order valence-corrected chi connectivity index (χ4v) is 2.01. The van der Waals surface area contributed by atoms with Crippen LogP contribution in [-0.2, 0) is 6.54 Å². The number of nitrogens with zero attached hydrogens (tertiary/aromatic N) is 2. The Labute approximate surface area is 99.7 Å². The molecule has 2 heterocycles. The zero-order valence-electron chi connectivity index (χ0n) is 9.72. The summed E-state index contributed by atoms with van der Waals surface area (Å²) in [5.74, 6) is 0.416. The summed E-state index contributed by atoms with van der Waals surface area (Å²) in [5, 5.41) is 13.6. The van der Waals surface area contributed by atoms with Crippen molar-refractivity contribution in [3.8, 4) is 0 Å². The minimum atomic E-state index is -0.520. The van der Waals surface area contributed by atoms with Crippen molar-refractivity contribution in [3.63, 3.8) is 0 Å². The lowest BCUT2D eigenvalue weighted by molar-refractivity contribution is -0.402. The summed E-state index contributed by atoms with van der Waals surface area (Å²) in [7, 11) is 0. The number of rotatable bonds is 6. The number of hydrogen-bond donors (Lipinski definition) is 1. The zero-order chi connectivity index (χ0) is 12.1. The number of furan rings is 1. The molecule has 0 aliphatic carbocycles. The highest BCUT2D eigenvalue weighted by Gasteiger charge is 2.12. The Bertz CT molecular complexity index is 372. The quantitative estimate of drug-likeness (QED) is 0.461. The molecule has 0 unspecified atom stereocenters. The molecule has 1 aliphatic rings. The monoisotopic (exact) mass is 239 g/mol. The van der Waals surface area contributed by atoms with Gasteiger partial charge in [-0.25, -0.2) is 0 Å². The van der Waals surface area contributed by atoms with E-state index >= 15 is 0 Å². The van der Waals surface area contributed by atoms with Gasteiger partial charge in [0.05, 0.1) is 12.6 Å². The number of nitrogens with one attached hydrogen (secondary N) is 1. The van der Waals surface area contributed by atoms with E-state index in [2.05, 4.69) is 10.2 Å². The van der Waals surface area contributed by atoms with Crippen molar-refractivity contribution in [2.24, 2.45) is 0 Å². The lowest BCUT2D eigenvalue weighted by atomic mass is 10.4. The zero-order valence-corrected chi connectivity index (χ0v) is 9.72. The van der Waals surface area contributed by atoms with Gasteiger partial charge in [-0.1, -0.05) is 0 Å². The Morgan fingerprint density at radius 3 is 2.82 bits per heavy atom. The minimum absolute atomic E-state index is 0.193. The summed E-state index contributed by atoms with van der Waals surface area (Å²) in [5.41, 5.74) is 0. The van der Waals surface area contributed by atoms with E-state index in [1.54, 1.807) is 6.07 Å². The molecule has 0 bridgehead atoms. The van der Waals surface area contributed by atoms with Crippen LogP contribution < -0.4 is 5.32 Å². The van der Waals surface area contributed by atoms with Crippen molar-refractivity contribution in [2.75, 3.05) is 26.2 Å². The second-order valence-corrected chi connectivity index (χ2v) is 4.22. The minimum Gasteiger partial charge on any atom is -0.404 e. The largest absolute Gasteiger partial charge is 0.433 e.